The Balaban J connectivity index is 0.00000312. The topological polar surface area (TPSA) is 57.2 Å². The normalized spacial score (nSPS) is 13.1. The zero-order valence-electron chi connectivity index (χ0n) is 12.6. The quantitative estimate of drug-likeness (QED) is 0.417. The molecule has 0 N–H and O–H groups in total. The summed E-state index contributed by atoms with van der Waals surface area (Å²) >= 11 is 0. The van der Waals surface area contributed by atoms with Crippen LogP contribution >= 0.6 is 0 Å². The van der Waals surface area contributed by atoms with E-state index in [-0.39, 0.29) is 67.7 Å². The molecule has 0 saturated carbocycles. The van der Waals surface area contributed by atoms with Crippen LogP contribution < -0.4 is 51.4 Å². The van der Waals surface area contributed by atoms with Crippen molar-refractivity contribution in [1.29, 1.82) is 0 Å². The molecule has 0 atom stereocenters. The molecule has 25 heavy (non-hydrogen) atoms. The molecule has 3 nitrogen and oxygen atoms in total. The third-order valence-corrected chi connectivity index (χ3v) is 4.24. The van der Waals surface area contributed by atoms with Crippen LogP contribution in [0.15, 0.2) is 41.3 Å². The molecule has 2 rings (SSSR count). The number of benzene rings is 2. The fourth-order valence-corrected chi connectivity index (χ4v) is 2.66. The minimum Gasteiger partial charge on any atom is -0.744 e. The number of hydrogen-bond donors (Lipinski definition) is 0. The Hall–Kier alpha value is -0.174. The van der Waals surface area contributed by atoms with Gasteiger partial charge < -0.3 is 4.55 Å². The van der Waals surface area contributed by atoms with Crippen molar-refractivity contribution in [1.82, 2.24) is 0 Å². The zero-order valence-corrected chi connectivity index (χ0v) is 16.6. The molecular formula is C14H9F6KO3S. The molecule has 0 aromatic heterocycles. The first-order valence-electron chi connectivity index (χ1n) is 6.37. The minimum absolute atomic E-state index is 0. The second-order valence-corrected chi connectivity index (χ2v) is 6.44. The molecule has 0 heterocycles. The van der Waals surface area contributed by atoms with E-state index in [9.17, 15) is 39.3 Å². The van der Waals surface area contributed by atoms with E-state index in [0.717, 1.165) is 30.3 Å². The van der Waals surface area contributed by atoms with Crippen molar-refractivity contribution in [3.05, 3.63) is 42.0 Å². The van der Waals surface area contributed by atoms with Crippen molar-refractivity contribution in [3.8, 4) is 0 Å². The van der Waals surface area contributed by atoms with Crippen molar-refractivity contribution >= 4 is 20.9 Å². The Morgan fingerprint density at radius 3 is 2.16 bits per heavy atom. The van der Waals surface area contributed by atoms with Gasteiger partial charge in [0.1, 0.15) is 10.1 Å². The Morgan fingerprint density at radius 2 is 1.64 bits per heavy atom. The van der Waals surface area contributed by atoms with Gasteiger partial charge in [0.25, 0.3) is 0 Å². The summed E-state index contributed by atoms with van der Waals surface area (Å²) in [7, 11) is -4.79. The summed E-state index contributed by atoms with van der Waals surface area (Å²) in [6, 6.07) is 6.18. The molecule has 0 fully saturated rings. The summed E-state index contributed by atoms with van der Waals surface area (Å²) in [5.74, 6) is -10.5. The van der Waals surface area contributed by atoms with E-state index in [0.29, 0.717) is 0 Å². The first kappa shape index (κ1) is 22.9. The zero-order chi connectivity index (χ0) is 18.3. The molecule has 0 radical (unpaired) electrons. The van der Waals surface area contributed by atoms with Gasteiger partial charge in [-0.25, -0.2) is 17.2 Å². The maximum absolute atomic E-state index is 13.6. The van der Waals surface area contributed by atoms with Gasteiger partial charge in [-0.3, -0.25) is 0 Å². The van der Waals surface area contributed by atoms with E-state index >= 15 is 0 Å². The fourth-order valence-electron chi connectivity index (χ4n) is 2.16. The average molecular weight is 410 g/mol. The van der Waals surface area contributed by atoms with E-state index in [4.69, 9.17) is 0 Å². The number of alkyl halides is 6. The van der Waals surface area contributed by atoms with Gasteiger partial charge in [-0.15, -0.1) is 0 Å². The molecule has 0 aliphatic carbocycles. The van der Waals surface area contributed by atoms with Crippen molar-refractivity contribution < 1.29 is 90.7 Å². The van der Waals surface area contributed by atoms with E-state index in [1.165, 1.54) is 6.07 Å². The molecule has 132 valence electrons. The summed E-state index contributed by atoms with van der Waals surface area (Å²) in [6.07, 6.45) is -6.22. The maximum Gasteiger partial charge on any atom is 1.00 e. The van der Waals surface area contributed by atoms with Crippen molar-refractivity contribution in [2.75, 3.05) is 0 Å². The Morgan fingerprint density at radius 1 is 1.04 bits per heavy atom. The van der Waals surface area contributed by atoms with Crippen molar-refractivity contribution in [2.45, 2.75) is 29.6 Å². The average Bonchev–Trinajstić information content (AvgIpc) is 2.45. The summed E-state index contributed by atoms with van der Waals surface area (Å²) in [5, 5.41) is -0.0183. The largest absolute Gasteiger partial charge is 1.00 e. The van der Waals surface area contributed by atoms with Crippen LogP contribution in [0.1, 0.15) is 5.56 Å². The molecule has 0 bridgehead atoms. The molecule has 2 aromatic carbocycles. The van der Waals surface area contributed by atoms with Gasteiger partial charge in [-0.2, -0.15) is 17.6 Å². The monoisotopic (exact) mass is 410 g/mol. The molecular weight excluding hydrogens is 401 g/mol. The molecule has 0 spiro atoms. The van der Waals surface area contributed by atoms with E-state index in [1.54, 1.807) is 0 Å². The standard InChI is InChI=1S/C14H10F6O3S.K/c15-12(16)14(19,20)13(17,18)7-9-3-1-2-8-6-10(24(21,22)23)4-5-11(8)9;/h1-6,12H,7H2,(H,21,22,23);/q;+1/p-1. The summed E-state index contributed by atoms with van der Waals surface area (Å²) in [5.41, 5.74) is -0.382. The third kappa shape index (κ3) is 4.76. The number of rotatable bonds is 5. The van der Waals surface area contributed by atoms with Crippen LogP contribution in [0, 0.1) is 0 Å². The smallest absolute Gasteiger partial charge is 0.744 e. The van der Waals surface area contributed by atoms with Gasteiger partial charge >= 0.3 is 69.7 Å². The minimum atomic E-state index is -5.52. The van der Waals surface area contributed by atoms with Crippen molar-refractivity contribution in [2.24, 2.45) is 0 Å². The van der Waals surface area contributed by atoms with Gasteiger partial charge in [-0.05, 0) is 28.5 Å². The van der Waals surface area contributed by atoms with Crippen LogP contribution in [0.3, 0.4) is 0 Å². The summed E-state index contributed by atoms with van der Waals surface area (Å²) in [4.78, 5) is -0.628. The van der Waals surface area contributed by atoms with Gasteiger partial charge in [0, 0.05) is 6.42 Å². The number of hydrogen-bond acceptors (Lipinski definition) is 3. The molecule has 0 aliphatic rings. The van der Waals surface area contributed by atoms with E-state index < -0.39 is 39.7 Å². The van der Waals surface area contributed by atoms with Crippen LogP contribution in [-0.4, -0.2) is 31.2 Å². The van der Waals surface area contributed by atoms with Gasteiger partial charge in [0.05, 0.1) is 4.90 Å². The SMILES string of the molecule is O=S(=O)([O-])c1ccc2c(CC(F)(F)C(F)(F)C(F)F)cccc2c1.[K+]. The second kappa shape index (κ2) is 7.83. The molecule has 0 aliphatic heterocycles. The van der Waals surface area contributed by atoms with Crippen LogP contribution in [0.4, 0.5) is 26.3 Å². The number of fused-ring (bicyclic) bond motifs is 1. The number of halogens is 6. The molecule has 0 unspecified atom stereocenters. The van der Waals surface area contributed by atoms with Crippen molar-refractivity contribution in [3.63, 3.8) is 0 Å². The van der Waals surface area contributed by atoms with Gasteiger partial charge in [-0.1, -0.05) is 24.3 Å². The van der Waals surface area contributed by atoms with Crippen LogP contribution in [0.25, 0.3) is 10.8 Å². The fraction of sp³-hybridized carbons (Fsp3) is 0.286. The van der Waals surface area contributed by atoms with Gasteiger partial charge in [0.2, 0.25) is 0 Å². The van der Waals surface area contributed by atoms with Crippen LogP contribution in [0.2, 0.25) is 0 Å². The first-order valence-corrected chi connectivity index (χ1v) is 7.78. The third-order valence-electron chi connectivity index (χ3n) is 3.41. The summed E-state index contributed by atoms with van der Waals surface area (Å²) < 4.78 is 110. The molecule has 2 aromatic rings. The predicted octanol–water partition coefficient (Wildman–Crippen LogP) is 0.826. The molecule has 0 amide bonds. The molecule has 0 saturated heterocycles. The van der Waals surface area contributed by atoms with E-state index in [1.807, 2.05) is 0 Å². The first-order chi connectivity index (χ1) is 10.9. The second-order valence-electron chi connectivity index (χ2n) is 5.06. The predicted molar refractivity (Wildman–Crippen MR) is 71.5 cm³/mol. The van der Waals surface area contributed by atoms with Crippen LogP contribution in [-0.2, 0) is 16.5 Å². The Kier molecular flexibility index (Phi) is 7.16. The Labute approximate surface area is 181 Å². The summed E-state index contributed by atoms with van der Waals surface area (Å²) in [6.45, 7) is 0. The van der Waals surface area contributed by atoms with Crippen LogP contribution in [0.5, 0.6) is 0 Å². The molecule has 11 heteroatoms. The maximum atomic E-state index is 13.6. The van der Waals surface area contributed by atoms with Gasteiger partial charge in [0.15, 0.2) is 0 Å². The van der Waals surface area contributed by atoms with E-state index in [2.05, 4.69) is 0 Å². The Bertz CT molecular complexity index is 870.